The van der Waals surface area contributed by atoms with Crippen molar-refractivity contribution in [1.29, 1.82) is 0 Å². The Labute approximate surface area is 131 Å². The molecule has 0 spiro atoms. The predicted molar refractivity (Wildman–Crippen MR) is 75.8 cm³/mol. The smallest absolute Gasteiger partial charge is 0.416 e. The van der Waals surface area contributed by atoms with E-state index in [-0.39, 0.29) is 18.2 Å². The Morgan fingerprint density at radius 3 is 2.57 bits per heavy atom. The zero-order valence-corrected chi connectivity index (χ0v) is 12.4. The van der Waals surface area contributed by atoms with Gasteiger partial charge in [-0.3, -0.25) is 9.59 Å². The van der Waals surface area contributed by atoms with E-state index in [2.05, 4.69) is 5.32 Å². The molecule has 23 heavy (non-hydrogen) atoms. The van der Waals surface area contributed by atoms with Gasteiger partial charge in [-0.25, -0.2) is 0 Å². The van der Waals surface area contributed by atoms with Gasteiger partial charge in [-0.15, -0.1) is 0 Å². The summed E-state index contributed by atoms with van der Waals surface area (Å²) in [5, 5.41) is 2.40. The first-order valence-electron chi connectivity index (χ1n) is 7.21. The van der Waals surface area contributed by atoms with Crippen LogP contribution in [-0.2, 0) is 15.8 Å². The summed E-state index contributed by atoms with van der Waals surface area (Å²) in [7, 11) is 0. The van der Waals surface area contributed by atoms with Crippen molar-refractivity contribution in [1.82, 2.24) is 10.2 Å². The van der Waals surface area contributed by atoms with E-state index in [1.807, 2.05) is 0 Å². The summed E-state index contributed by atoms with van der Waals surface area (Å²) >= 11 is 0. The summed E-state index contributed by atoms with van der Waals surface area (Å²) in [6.07, 6.45) is -2.56. The van der Waals surface area contributed by atoms with E-state index < -0.39 is 24.3 Å². The Morgan fingerprint density at radius 1 is 1.22 bits per heavy atom. The van der Waals surface area contributed by atoms with Crippen LogP contribution in [0.3, 0.4) is 0 Å². The zero-order valence-electron chi connectivity index (χ0n) is 12.4. The number of hydrogen-bond donors (Lipinski definition) is 1. The molecule has 1 aliphatic rings. The molecule has 1 aromatic carbocycles. The van der Waals surface area contributed by atoms with Crippen molar-refractivity contribution in [3.63, 3.8) is 0 Å². The normalized spacial score (nSPS) is 14.7. The van der Waals surface area contributed by atoms with Crippen molar-refractivity contribution in [2.24, 2.45) is 0 Å². The van der Waals surface area contributed by atoms with Crippen molar-refractivity contribution < 1.29 is 27.5 Å². The fourth-order valence-electron chi connectivity index (χ4n) is 2.21. The number of carbonyl (C=O) groups is 2. The van der Waals surface area contributed by atoms with Crippen LogP contribution in [0, 0.1) is 0 Å². The number of alkyl halides is 3. The number of hydrogen-bond acceptors (Lipinski definition) is 3. The maximum absolute atomic E-state index is 12.5. The highest BCUT2D eigenvalue weighted by Crippen LogP contribution is 2.31. The van der Waals surface area contributed by atoms with Gasteiger partial charge in [0.2, 0.25) is 5.91 Å². The molecular formula is C15H17F3N2O3. The van der Waals surface area contributed by atoms with Gasteiger partial charge in [0.1, 0.15) is 5.75 Å². The molecule has 126 valence electrons. The minimum absolute atomic E-state index is 0.0548. The van der Waals surface area contributed by atoms with Gasteiger partial charge in [0.05, 0.1) is 12.1 Å². The number of nitrogens with zero attached hydrogens (tertiary/aromatic N) is 1. The number of benzene rings is 1. The Kier molecular flexibility index (Phi) is 5.46. The average Bonchev–Trinajstić information content (AvgIpc) is 3.04. The zero-order chi connectivity index (χ0) is 16.9. The lowest BCUT2D eigenvalue weighted by molar-refractivity contribution is -0.137. The molecule has 0 aromatic heterocycles. The van der Waals surface area contributed by atoms with E-state index in [1.54, 1.807) is 4.90 Å². The third-order valence-corrected chi connectivity index (χ3v) is 3.43. The van der Waals surface area contributed by atoms with Gasteiger partial charge in [0.25, 0.3) is 5.91 Å². The van der Waals surface area contributed by atoms with Crippen LogP contribution >= 0.6 is 0 Å². The van der Waals surface area contributed by atoms with Gasteiger partial charge in [0.15, 0.2) is 6.61 Å². The largest absolute Gasteiger partial charge is 0.484 e. The number of amides is 2. The van der Waals surface area contributed by atoms with Crippen molar-refractivity contribution >= 4 is 11.8 Å². The highest BCUT2D eigenvalue weighted by Gasteiger charge is 2.30. The van der Waals surface area contributed by atoms with E-state index in [9.17, 15) is 22.8 Å². The van der Waals surface area contributed by atoms with Gasteiger partial charge in [-0.05, 0) is 31.0 Å². The Hall–Kier alpha value is -2.25. The number of nitrogens with one attached hydrogen (secondary N) is 1. The second-order valence-corrected chi connectivity index (χ2v) is 5.18. The molecule has 8 heteroatoms. The first-order valence-corrected chi connectivity index (χ1v) is 7.21. The number of rotatable bonds is 5. The Balaban J connectivity index is 1.77. The molecule has 0 bridgehead atoms. The molecule has 0 radical (unpaired) electrons. The molecule has 2 amide bonds. The van der Waals surface area contributed by atoms with Crippen LogP contribution in [0.1, 0.15) is 18.4 Å². The van der Waals surface area contributed by atoms with Crippen LogP contribution < -0.4 is 10.1 Å². The van der Waals surface area contributed by atoms with Gasteiger partial charge < -0.3 is 15.0 Å². The second kappa shape index (κ2) is 7.34. The number of carbonyl (C=O) groups excluding carboxylic acids is 2. The van der Waals surface area contributed by atoms with Crippen molar-refractivity contribution in [2.45, 2.75) is 19.0 Å². The van der Waals surface area contributed by atoms with Crippen molar-refractivity contribution in [2.75, 3.05) is 26.2 Å². The summed E-state index contributed by atoms with van der Waals surface area (Å²) < 4.78 is 42.7. The fraction of sp³-hybridized carbons (Fsp3) is 0.467. The monoisotopic (exact) mass is 330 g/mol. The lowest BCUT2D eigenvalue weighted by Gasteiger charge is -2.15. The topological polar surface area (TPSA) is 58.6 Å². The van der Waals surface area contributed by atoms with E-state index in [4.69, 9.17) is 4.74 Å². The van der Waals surface area contributed by atoms with Gasteiger partial charge in [-0.2, -0.15) is 13.2 Å². The molecule has 2 rings (SSSR count). The first kappa shape index (κ1) is 17.1. The molecule has 0 aliphatic carbocycles. The summed E-state index contributed by atoms with van der Waals surface area (Å²) in [4.78, 5) is 25.0. The molecule has 0 unspecified atom stereocenters. The van der Waals surface area contributed by atoms with Gasteiger partial charge >= 0.3 is 6.18 Å². The van der Waals surface area contributed by atoms with Crippen LogP contribution in [0.2, 0.25) is 0 Å². The van der Waals surface area contributed by atoms with E-state index in [0.29, 0.717) is 13.1 Å². The summed E-state index contributed by atoms with van der Waals surface area (Å²) in [6, 6.07) is 4.27. The molecule has 1 saturated heterocycles. The van der Waals surface area contributed by atoms with E-state index in [1.165, 1.54) is 12.1 Å². The second-order valence-electron chi connectivity index (χ2n) is 5.18. The lowest BCUT2D eigenvalue weighted by Crippen LogP contribution is -2.40. The Morgan fingerprint density at radius 2 is 1.91 bits per heavy atom. The molecule has 1 fully saturated rings. The summed E-state index contributed by atoms with van der Waals surface area (Å²) in [5.74, 6) is -0.786. The SMILES string of the molecule is O=C(COc1cccc(C(F)(F)F)c1)NCC(=O)N1CCCC1. The lowest BCUT2D eigenvalue weighted by atomic mass is 10.2. The quantitative estimate of drug-likeness (QED) is 0.896. The molecule has 1 aliphatic heterocycles. The maximum Gasteiger partial charge on any atom is 0.416 e. The summed E-state index contributed by atoms with van der Waals surface area (Å²) in [6.45, 7) is 0.796. The standard InChI is InChI=1S/C15H17F3N2O3/c16-15(17,18)11-4-3-5-12(8-11)23-10-13(21)19-9-14(22)20-6-1-2-7-20/h3-5,8H,1-2,6-7,9-10H2,(H,19,21). The van der Waals surface area contributed by atoms with Crippen LogP contribution in [0.4, 0.5) is 13.2 Å². The van der Waals surface area contributed by atoms with E-state index >= 15 is 0 Å². The fourth-order valence-corrected chi connectivity index (χ4v) is 2.21. The summed E-state index contributed by atoms with van der Waals surface area (Å²) in [5.41, 5.74) is -0.848. The Bertz CT molecular complexity index is 569. The van der Waals surface area contributed by atoms with E-state index in [0.717, 1.165) is 25.0 Å². The maximum atomic E-state index is 12.5. The van der Waals surface area contributed by atoms with Crippen LogP contribution in [0.15, 0.2) is 24.3 Å². The van der Waals surface area contributed by atoms with Crippen molar-refractivity contribution in [3.05, 3.63) is 29.8 Å². The van der Waals surface area contributed by atoms with Crippen molar-refractivity contribution in [3.8, 4) is 5.75 Å². The molecule has 1 heterocycles. The number of halogens is 3. The molecule has 1 aromatic rings. The van der Waals surface area contributed by atoms with Crippen LogP contribution in [-0.4, -0.2) is 43.0 Å². The van der Waals surface area contributed by atoms with Gasteiger partial charge in [-0.1, -0.05) is 6.07 Å². The molecular weight excluding hydrogens is 313 g/mol. The predicted octanol–water partition coefficient (Wildman–Crippen LogP) is 1.82. The van der Waals surface area contributed by atoms with Crippen LogP contribution in [0.5, 0.6) is 5.75 Å². The number of ether oxygens (including phenoxy) is 1. The van der Waals surface area contributed by atoms with Crippen LogP contribution in [0.25, 0.3) is 0 Å². The molecule has 1 N–H and O–H groups in total. The minimum atomic E-state index is -4.47. The third kappa shape index (κ3) is 5.15. The number of likely N-dealkylation sites (tertiary alicyclic amines) is 1. The minimum Gasteiger partial charge on any atom is -0.484 e. The highest BCUT2D eigenvalue weighted by atomic mass is 19.4. The average molecular weight is 330 g/mol. The van der Waals surface area contributed by atoms with Gasteiger partial charge in [0, 0.05) is 13.1 Å². The molecule has 5 nitrogen and oxygen atoms in total. The first-order chi connectivity index (χ1) is 10.9. The third-order valence-electron chi connectivity index (χ3n) is 3.43. The molecule has 0 atom stereocenters. The highest BCUT2D eigenvalue weighted by molar-refractivity contribution is 5.85. The molecule has 0 saturated carbocycles.